The smallest absolute Gasteiger partial charge is 0.124 e. The molecule has 7 atom stereocenters. The minimum Gasteiger partial charge on any atom is -0.486 e. The second kappa shape index (κ2) is 9.58. The van der Waals surface area contributed by atoms with Crippen molar-refractivity contribution in [3.8, 4) is 0 Å². The predicted molar refractivity (Wildman–Crippen MR) is 161 cm³/mol. The molecule has 2 heteroatoms. The fourth-order valence-electron chi connectivity index (χ4n) is 9.37. The van der Waals surface area contributed by atoms with E-state index >= 15 is 0 Å². The molecule has 7 unspecified atom stereocenters. The third kappa shape index (κ3) is 3.66. The average molecular weight is 516 g/mol. The maximum absolute atomic E-state index is 6.40. The van der Waals surface area contributed by atoms with E-state index in [1.54, 1.807) is 16.7 Å². The number of anilines is 1. The highest BCUT2D eigenvalue weighted by Crippen LogP contribution is 2.63. The summed E-state index contributed by atoms with van der Waals surface area (Å²) in [4.78, 5) is 0. The number of benzene rings is 1. The Labute approximate surface area is 234 Å². The van der Waals surface area contributed by atoms with Crippen LogP contribution >= 0.6 is 0 Å². The van der Waals surface area contributed by atoms with Crippen molar-refractivity contribution >= 4 is 5.69 Å². The number of ether oxygens (including phenoxy) is 1. The Morgan fingerprint density at radius 3 is 2.72 bits per heavy atom. The monoisotopic (exact) mass is 515 g/mol. The molecule has 6 aliphatic carbocycles. The summed E-state index contributed by atoms with van der Waals surface area (Å²) in [6, 6.07) is 7.76. The average Bonchev–Trinajstić information content (AvgIpc) is 3.52. The Balaban J connectivity index is 1.22. The van der Waals surface area contributed by atoms with E-state index in [-0.39, 0.29) is 11.5 Å². The first kappa shape index (κ1) is 23.9. The van der Waals surface area contributed by atoms with Crippen LogP contribution in [0.4, 0.5) is 5.69 Å². The van der Waals surface area contributed by atoms with Crippen molar-refractivity contribution in [2.45, 2.75) is 87.7 Å². The van der Waals surface area contributed by atoms with Gasteiger partial charge in [0.15, 0.2) is 0 Å². The molecule has 2 nitrogen and oxygen atoms in total. The number of allylic oxidation sites excluding steroid dienone is 10. The van der Waals surface area contributed by atoms with Crippen LogP contribution in [-0.2, 0) is 10.2 Å². The van der Waals surface area contributed by atoms with Gasteiger partial charge in [0.1, 0.15) is 11.9 Å². The van der Waals surface area contributed by atoms with Gasteiger partial charge in [0, 0.05) is 34.4 Å². The molecule has 0 saturated carbocycles. The van der Waals surface area contributed by atoms with Gasteiger partial charge in [-0.1, -0.05) is 66.3 Å². The SMILES string of the molecule is C1=CC2c3ccc(NC4CC=CC5=C4C4CCC=CC4O5)cc3C(C3=CCCCC3)(C3CC=CCC3)C2C=C1. The van der Waals surface area contributed by atoms with Crippen LogP contribution in [0.15, 0.2) is 102 Å². The number of rotatable bonds is 4. The van der Waals surface area contributed by atoms with Crippen LogP contribution < -0.4 is 5.32 Å². The van der Waals surface area contributed by atoms with E-state index in [0.29, 0.717) is 29.7 Å². The van der Waals surface area contributed by atoms with Crippen molar-refractivity contribution in [3.63, 3.8) is 0 Å². The lowest BCUT2D eigenvalue weighted by molar-refractivity contribution is 0.153. The van der Waals surface area contributed by atoms with E-state index in [2.05, 4.69) is 90.4 Å². The quantitative estimate of drug-likeness (QED) is 0.404. The molecular weight excluding hydrogens is 474 g/mol. The normalized spacial score (nSPS) is 37.6. The minimum absolute atomic E-state index is 0.108. The summed E-state index contributed by atoms with van der Waals surface area (Å²) in [7, 11) is 0. The molecule has 0 aromatic heterocycles. The molecule has 0 fully saturated rings. The highest BCUT2D eigenvalue weighted by atomic mass is 16.5. The van der Waals surface area contributed by atoms with Gasteiger partial charge in [-0.15, -0.1) is 0 Å². The van der Waals surface area contributed by atoms with E-state index in [4.69, 9.17) is 4.74 Å². The molecule has 0 saturated heterocycles. The lowest BCUT2D eigenvalue weighted by Gasteiger charge is -2.47. The number of nitrogens with one attached hydrogen (secondary N) is 1. The van der Waals surface area contributed by atoms with Gasteiger partial charge in [0.2, 0.25) is 0 Å². The molecule has 39 heavy (non-hydrogen) atoms. The van der Waals surface area contributed by atoms with Crippen molar-refractivity contribution in [1.29, 1.82) is 0 Å². The molecule has 0 bridgehead atoms. The first-order valence-electron chi connectivity index (χ1n) is 15.7. The Hall–Kier alpha value is -3.00. The Morgan fingerprint density at radius 2 is 1.82 bits per heavy atom. The van der Waals surface area contributed by atoms with Crippen LogP contribution in [0.1, 0.15) is 81.3 Å². The van der Waals surface area contributed by atoms with E-state index in [0.717, 1.165) is 18.6 Å². The van der Waals surface area contributed by atoms with Crippen LogP contribution in [-0.4, -0.2) is 12.1 Å². The summed E-state index contributed by atoms with van der Waals surface area (Å²) < 4.78 is 6.40. The molecule has 0 radical (unpaired) electrons. The van der Waals surface area contributed by atoms with Gasteiger partial charge in [-0.2, -0.15) is 0 Å². The summed E-state index contributed by atoms with van der Waals surface area (Å²) >= 11 is 0. The van der Waals surface area contributed by atoms with Crippen molar-refractivity contribution in [3.05, 3.63) is 113 Å². The van der Waals surface area contributed by atoms with Crippen molar-refractivity contribution in [1.82, 2.24) is 0 Å². The lowest BCUT2D eigenvalue weighted by atomic mass is 9.56. The number of hydrogen-bond donors (Lipinski definition) is 1. The standard InChI is InChI=1S/C37H41NO/c1-3-12-25(13-4-1)37(26-14-5-2-6-15-26)31-18-9-7-16-28(31)29-23-22-27(24-32(29)37)38-33-19-11-21-35-36(33)30-17-8-10-20-34(30)39-35/h1,3,7,9-11,14,16,18,20-25,28,30-31,33-34,38H,2,4-6,8,12-13,15,17,19H2. The van der Waals surface area contributed by atoms with E-state index < -0.39 is 0 Å². The van der Waals surface area contributed by atoms with E-state index in [1.807, 2.05) is 0 Å². The highest BCUT2D eigenvalue weighted by molar-refractivity contribution is 5.63. The first-order chi connectivity index (χ1) is 19.3. The number of fused-ring (bicyclic) bond motifs is 5. The maximum Gasteiger partial charge on any atom is 0.124 e. The van der Waals surface area contributed by atoms with Crippen molar-refractivity contribution in [2.75, 3.05) is 5.32 Å². The topological polar surface area (TPSA) is 21.3 Å². The Bertz CT molecular complexity index is 1370. The van der Waals surface area contributed by atoms with E-state index in [1.165, 1.54) is 62.6 Å². The van der Waals surface area contributed by atoms with Crippen molar-refractivity contribution in [2.24, 2.45) is 17.8 Å². The van der Waals surface area contributed by atoms with Gasteiger partial charge in [-0.3, -0.25) is 0 Å². The van der Waals surface area contributed by atoms with Crippen LogP contribution in [0.5, 0.6) is 0 Å². The Kier molecular flexibility index (Phi) is 5.86. The molecule has 1 aromatic carbocycles. The lowest BCUT2D eigenvalue weighted by Crippen LogP contribution is -2.43. The van der Waals surface area contributed by atoms with Gasteiger partial charge >= 0.3 is 0 Å². The zero-order valence-corrected chi connectivity index (χ0v) is 23.0. The van der Waals surface area contributed by atoms with Gasteiger partial charge in [-0.25, -0.2) is 0 Å². The van der Waals surface area contributed by atoms with Crippen LogP contribution in [0.2, 0.25) is 0 Å². The van der Waals surface area contributed by atoms with Gasteiger partial charge < -0.3 is 10.1 Å². The number of hydrogen-bond acceptors (Lipinski definition) is 2. The zero-order valence-electron chi connectivity index (χ0n) is 23.0. The Morgan fingerprint density at radius 1 is 0.872 bits per heavy atom. The largest absolute Gasteiger partial charge is 0.486 e. The molecule has 0 amide bonds. The summed E-state index contributed by atoms with van der Waals surface area (Å²) in [5.74, 6) is 3.31. The molecule has 1 heterocycles. The fourth-order valence-corrected chi connectivity index (χ4v) is 9.37. The molecular formula is C37H41NO. The minimum atomic E-state index is 0.108. The molecule has 0 spiro atoms. The van der Waals surface area contributed by atoms with Gasteiger partial charge in [0.05, 0.1) is 6.04 Å². The van der Waals surface area contributed by atoms with E-state index in [9.17, 15) is 0 Å². The summed E-state index contributed by atoms with van der Waals surface area (Å²) in [5, 5.41) is 4.06. The molecule has 200 valence electrons. The molecule has 8 rings (SSSR count). The second-order valence-electron chi connectivity index (χ2n) is 12.8. The summed E-state index contributed by atoms with van der Waals surface area (Å²) in [6.45, 7) is 0. The molecule has 1 aromatic rings. The van der Waals surface area contributed by atoms with Crippen LogP contribution in [0, 0.1) is 17.8 Å². The highest BCUT2D eigenvalue weighted by Gasteiger charge is 2.56. The third-order valence-corrected chi connectivity index (χ3v) is 10.9. The maximum atomic E-state index is 6.40. The van der Waals surface area contributed by atoms with Gasteiger partial charge in [-0.05, 0) is 106 Å². The molecule has 7 aliphatic rings. The summed E-state index contributed by atoms with van der Waals surface area (Å²) in [5.41, 5.74) is 7.83. The zero-order chi connectivity index (χ0) is 25.8. The van der Waals surface area contributed by atoms with Crippen LogP contribution in [0.3, 0.4) is 0 Å². The molecule has 1 N–H and O–H groups in total. The van der Waals surface area contributed by atoms with Gasteiger partial charge in [0.25, 0.3) is 0 Å². The van der Waals surface area contributed by atoms with Crippen molar-refractivity contribution < 1.29 is 4.74 Å². The third-order valence-electron chi connectivity index (χ3n) is 10.9. The second-order valence-corrected chi connectivity index (χ2v) is 12.8. The molecule has 1 aliphatic heterocycles. The fraction of sp³-hybridized carbons (Fsp3) is 0.459. The predicted octanol–water partition coefficient (Wildman–Crippen LogP) is 8.98. The van der Waals surface area contributed by atoms with Crippen LogP contribution in [0.25, 0.3) is 0 Å². The first-order valence-corrected chi connectivity index (χ1v) is 15.7. The summed E-state index contributed by atoms with van der Waals surface area (Å²) in [6.07, 6.45) is 38.9.